The molecule has 11 heteroatoms. The molecule has 1 unspecified atom stereocenters. The molecule has 168 valence electrons. The lowest BCUT2D eigenvalue weighted by Gasteiger charge is -2.29. The van der Waals surface area contributed by atoms with Crippen molar-refractivity contribution >= 4 is 29.5 Å². The number of amides is 5. The number of carbonyl (C=O) groups is 5. The van der Waals surface area contributed by atoms with E-state index in [0.29, 0.717) is 31.5 Å². The zero-order valence-corrected chi connectivity index (χ0v) is 17.6. The van der Waals surface area contributed by atoms with Crippen LogP contribution < -0.4 is 5.32 Å². The number of piperidine rings is 2. The van der Waals surface area contributed by atoms with Crippen LogP contribution in [0.5, 0.6) is 0 Å². The normalized spacial score (nSPS) is 20.5. The largest absolute Gasteiger partial charge is 0.343 e. The zero-order valence-electron chi connectivity index (χ0n) is 17.6. The van der Waals surface area contributed by atoms with Crippen LogP contribution in [-0.2, 0) is 14.4 Å². The van der Waals surface area contributed by atoms with Gasteiger partial charge < -0.3 is 4.90 Å². The molecule has 0 saturated carbocycles. The molecule has 2 saturated heterocycles. The standard InChI is InChI=1S/C22H20N6O5/c23-26-24-12-18(30)27-10-8-13(9-11-27)4-5-14-2-1-3-15-19(14)22(33)28(21(15)32)16-6-7-17(29)25-20(16)31/h1-3,13,16H,6-12H2,(H,25,29,31). The Morgan fingerprint density at radius 2 is 1.91 bits per heavy atom. The molecule has 4 rings (SSSR count). The van der Waals surface area contributed by atoms with Crippen molar-refractivity contribution in [2.24, 2.45) is 11.0 Å². The SMILES string of the molecule is [N-]=[N+]=NCC(=O)N1CCC(C#Cc2cccc3c2C(=O)N(C2CCC(=O)NC2=O)C3=O)CC1. The summed E-state index contributed by atoms with van der Waals surface area (Å²) in [7, 11) is 0. The second-order valence-corrected chi connectivity index (χ2v) is 7.99. The van der Waals surface area contributed by atoms with Crippen molar-refractivity contribution in [2.45, 2.75) is 31.7 Å². The number of nitrogens with one attached hydrogen (secondary N) is 1. The monoisotopic (exact) mass is 448 g/mol. The fraction of sp³-hybridized carbons (Fsp3) is 0.409. The summed E-state index contributed by atoms with van der Waals surface area (Å²) in [5, 5.41) is 5.47. The Hall–Kier alpha value is -4.16. The Kier molecular flexibility index (Phi) is 6.11. The maximum absolute atomic E-state index is 13.1. The second kappa shape index (κ2) is 9.14. The van der Waals surface area contributed by atoms with Gasteiger partial charge in [-0.3, -0.25) is 34.2 Å². The molecule has 0 bridgehead atoms. The zero-order chi connectivity index (χ0) is 23.5. The summed E-state index contributed by atoms with van der Waals surface area (Å²) in [6, 6.07) is 3.80. The number of azide groups is 1. The van der Waals surface area contributed by atoms with Crippen LogP contribution in [0.2, 0.25) is 0 Å². The Balaban J connectivity index is 1.49. The van der Waals surface area contributed by atoms with Gasteiger partial charge in [-0.25, -0.2) is 0 Å². The number of nitrogens with zero attached hydrogens (tertiary/aromatic N) is 5. The Morgan fingerprint density at radius 1 is 1.15 bits per heavy atom. The maximum Gasteiger partial charge on any atom is 0.263 e. The molecule has 2 fully saturated rings. The Bertz CT molecular complexity index is 1170. The van der Waals surface area contributed by atoms with Crippen molar-refractivity contribution in [2.75, 3.05) is 19.6 Å². The molecule has 3 heterocycles. The number of carbonyl (C=O) groups excluding carboxylic acids is 5. The molecule has 1 atom stereocenters. The van der Waals surface area contributed by atoms with E-state index in [2.05, 4.69) is 27.2 Å². The third-order valence-electron chi connectivity index (χ3n) is 6.00. The number of fused-ring (bicyclic) bond motifs is 1. The fourth-order valence-electron chi connectivity index (χ4n) is 4.26. The summed E-state index contributed by atoms with van der Waals surface area (Å²) in [5.41, 5.74) is 9.10. The minimum absolute atomic E-state index is 0.00261. The molecular weight excluding hydrogens is 428 g/mol. The van der Waals surface area contributed by atoms with E-state index < -0.39 is 29.7 Å². The molecule has 0 spiro atoms. The van der Waals surface area contributed by atoms with Gasteiger partial charge in [-0.15, -0.1) is 0 Å². The van der Waals surface area contributed by atoms with Crippen molar-refractivity contribution in [3.05, 3.63) is 45.3 Å². The second-order valence-electron chi connectivity index (χ2n) is 7.99. The molecule has 1 aromatic carbocycles. The van der Waals surface area contributed by atoms with Gasteiger partial charge in [-0.05, 0) is 36.9 Å². The van der Waals surface area contributed by atoms with Crippen LogP contribution in [-0.4, -0.2) is 65.0 Å². The van der Waals surface area contributed by atoms with Crippen molar-refractivity contribution in [3.63, 3.8) is 0 Å². The van der Waals surface area contributed by atoms with Crippen LogP contribution in [0.4, 0.5) is 0 Å². The van der Waals surface area contributed by atoms with Crippen LogP contribution in [0.3, 0.4) is 0 Å². The molecule has 3 aliphatic heterocycles. The summed E-state index contributed by atoms with van der Waals surface area (Å²) in [4.78, 5) is 66.7. The van der Waals surface area contributed by atoms with E-state index in [1.165, 1.54) is 6.07 Å². The molecular formula is C22H20N6O5. The average molecular weight is 448 g/mol. The van der Waals surface area contributed by atoms with Gasteiger partial charge in [-0.1, -0.05) is 23.0 Å². The molecule has 5 amide bonds. The molecule has 0 aromatic heterocycles. The van der Waals surface area contributed by atoms with Crippen LogP contribution in [0, 0.1) is 17.8 Å². The fourth-order valence-corrected chi connectivity index (χ4v) is 4.26. The molecule has 3 aliphatic rings. The van der Waals surface area contributed by atoms with Gasteiger partial charge in [-0.2, -0.15) is 0 Å². The van der Waals surface area contributed by atoms with E-state index in [-0.39, 0.29) is 42.3 Å². The number of imide groups is 2. The summed E-state index contributed by atoms with van der Waals surface area (Å²) >= 11 is 0. The molecule has 1 N–H and O–H groups in total. The lowest BCUT2D eigenvalue weighted by atomic mass is 9.96. The lowest BCUT2D eigenvalue weighted by molar-refractivity contribution is -0.136. The summed E-state index contributed by atoms with van der Waals surface area (Å²) in [6.07, 6.45) is 1.42. The third kappa shape index (κ3) is 4.29. The molecule has 33 heavy (non-hydrogen) atoms. The van der Waals surface area contributed by atoms with Crippen LogP contribution in [0.25, 0.3) is 10.4 Å². The number of likely N-dealkylation sites (tertiary alicyclic amines) is 1. The number of hydrogen-bond acceptors (Lipinski definition) is 6. The van der Waals surface area contributed by atoms with Gasteiger partial charge in [0, 0.05) is 35.9 Å². The summed E-state index contributed by atoms with van der Waals surface area (Å²) < 4.78 is 0. The van der Waals surface area contributed by atoms with Gasteiger partial charge >= 0.3 is 0 Å². The van der Waals surface area contributed by atoms with E-state index in [0.717, 1.165) is 4.90 Å². The topological polar surface area (TPSA) is 153 Å². The van der Waals surface area contributed by atoms with Gasteiger partial charge in [0.25, 0.3) is 11.8 Å². The van der Waals surface area contributed by atoms with E-state index in [4.69, 9.17) is 5.53 Å². The van der Waals surface area contributed by atoms with Crippen LogP contribution in [0.1, 0.15) is 52.0 Å². The molecule has 11 nitrogen and oxygen atoms in total. The number of benzene rings is 1. The third-order valence-corrected chi connectivity index (χ3v) is 6.00. The maximum atomic E-state index is 13.1. The lowest BCUT2D eigenvalue weighted by Crippen LogP contribution is -2.54. The van der Waals surface area contributed by atoms with Crippen LogP contribution >= 0.6 is 0 Å². The van der Waals surface area contributed by atoms with Gasteiger partial charge in [0.05, 0.1) is 11.1 Å². The van der Waals surface area contributed by atoms with Crippen molar-refractivity contribution in [3.8, 4) is 11.8 Å². The highest BCUT2D eigenvalue weighted by atomic mass is 16.2. The Morgan fingerprint density at radius 3 is 2.61 bits per heavy atom. The highest BCUT2D eigenvalue weighted by molar-refractivity contribution is 6.24. The minimum Gasteiger partial charge on any atom is -0.343 e. The van der Waals surface area contributed by atoms with Crippen molar-refractivity contribution < 1.29 is 24.0 Å². The van der Waals surface area contributed by atoms with Crippen molar-refractivity contribution in [1.29, 1.82) is 0 Å². The first-order chi connectivity index (χ1) is 15.9. The summed E-state index contributed by atoms with van der Waals surface area (Å²) in [5.74, 6) is 3.69. The average Bonchev–Trinajstić information content (AvgIpc) is 3.07. The van der Waals surface area contributed by atoms with E-state index in [1.807, 2.05) is 0 Å². The first-order valence-corrected chi connectivity index (χ1v) is 10.6. The van der Waals surface area contributed by atoms with Gasteiger partial charge in [0.2, 0.25) is 17.7 Å². The van der Waals surface area contributed by atoms with Gasteiger partial charge in [0.1, 0.15) is 12.6 Å². The smallest absolute Gasteiger partial charge is 0.263 e. The van der Waals surface area contributed by atoms with Crippen molar-refractivity contribution in [1.82, 2.24) is 15.1 Å². The first-order valence-electron chi connectivity index (χ1n) is 10.6. The predicted octanol–water partition coefficient (Wildman–Crippen LogP) is 0.988. The van der Waals surface area contributed by atoms with Gasteiger partial charge in [0.15, 0.2) is 0 Å². The molecule has 0 aliphatic carbocycles. The number of hydrogen-bond donors (Lipinski definition) is 1. The molecule has 0 radical (unpaired) electrons. The number of rotatable bonds is 3. The van der Waals surface area contributed by atoms with E-state index in [9.17, 15) is 24.0 Å². The summed E-state index contributed by atoms with van der Waals surface area (Å²) in [6.45, 7) is 0.780. The Labute approximate surface area is 188 Å². The van der Waals surface area contributed by atoms with E-state index in [1.54, 1.807) is 17.0 Å². The highest BCUT2D eigenvalue weighted by Crippen LogP contribution is 2.29. The molecule has 1 aromatic rings. The van der Waals surface area contributed by atoms with Crippen LogP contribution in [0.15, 0.2) is 23.3 Å². The quantitative estimate of drug-likeness (QED) is 0.240. The first kappa shape index (κ1) is 22.0. The predicted molar refractivity (Wildman–Crippen MR) is 113 cm³/mol. The minimum atomic E-state index is -1.02. The van der Waals surface area contributed by atoms with E-state index >= 15 is 0 Å². The highest BCUT2D eigenvalue weighted by Gasteiger charge is 2.45.